The molecule has 3 fully saturated rings. The lowest BCUT2D eigenvalue weighted by atomic mass is 9.80. The molecule has 3 rings (SSSR count). The van der Waals surface area contributed by atoms with Crippen LogP contribution in [0.15, 0.2) is 25.3 Å². The standard InChI is InChI=1S/C11H19NO.C10H17NO.C8H17N/c1-5-10(13)12-7-6-9(8-12)11(2,3)4;1-4-10(12)11-7-5-6-9(11)8(2)3;1-6(2)8-5-4-7(3)9-8/h5,9H,1,6-8H2,2-4H3;4,8-9H,1,5-7H2,2-3H3;6-9H,4-5H2,1-3H3. The van der Waals surface area contributed by atoms with Crippen LogP contribution in [0.4, 0.5) is 0 Å². The highest BCUT2D eigenvalue weighted by atomic mass is 16.2. The van der Waals surface area contributed by atoms with Crippen molar-refractivity contribution in [3.8, 4) is 0 Å². The predicted octanol–water partition coefficient (Wildman–Crippen LogP) is 5.67. The molecule has 34 heavy (non-hydrogen) atoms. The number of nitrogens with one attached hydrogen (secondary N) is 1. The van der Waals surface area contributed by atoms with Gasteiger partial charge in [-0.15, -0.1) is 0 Å². The summed E-state index contributed by atoms with van der Waals surface area (Å²) in [7, 11) is 0. The summed E-state index contributed by atoms with van der Waals surface area (Å²) >= 11 is 0. The molecule has 0 aromatic carbocycles. The molecule has 196 valence electrons. The fourth-order valence-electron chi connectivity index (χ4n) is 5.16. The van der Waals surface area contributed by atoms with Crippen LogP contribution in [0.2, 0.25) is 0 Å². The lowest BCUT2D eigenvalue weighted by Gasteiger charge is -2.26. The Bertz CT molecular complexity index is 665. The molecule has 0 aromatic heterocycles. The van der Waals surface area contributed by atoms with E-state index < -0.39 is 0 Å². The fraction of sp³-hybridized carbons (Fsp3) is 0.793. The molecule has 3 saturated heterocycles. The van der Waals surface area contributed by atoms with E-state index in [0.29, 0.717) is 23.3 Å². The number of amides is 2. The van der Waals surface area contributed by atoms with Crippen LogP contribution >= 0.6 is 0 Å². The Morgan fingerprint density at radius 3 is 1.91 bits per heavy atom. The molecule has 3 heterocycles. The van der Waals surface area contributed by atoms with Gasteiger partial charge in [0, 0.05) is 37.8 Å². The van der Waals surface area contributed by atoms with E-state index in [1.165, 1.54) is 25.0 Å². The first-order valence-electron chi connectivity index (χ1n) is 13.4. The summed E-state index contributed by atoms with van der Waals surface area (Å²) in [5.74, 6) is 2.18. The zero-order chi connectivity index (χ0) is 26.1. The Morgan fingerprint density at radius 1 is 0.912 bits per heavy atom. The van der Waals surface area contributed by atoms with E-state index in [9.17, 15) is 9.59 Å². The van der Waals surface area contributed by atoms with Gasteiger partial charge in [-0.05, 0) is 74.3 Å². The Balaban J connectivity index is 0.000000259. The monoisotopic (exact) mass is 475 g/mol. The van der Waals surface area contributed by atoms with E-state index in [4.69, 9.17) is 0 Å². The second-order valence-corrected chi connectivity index (χ2v) is 12.0. The van der Waals surface area contributed by atoms with E-state index in [1.54, 1.807) is 0 Å². The first-order chi connectivity index (χ1) is 15.8. The third kappa shape index (κ3) is 9.56. The van der Waals surface area contributed by atoms with Crippen LogP contribution in [0.25, 0.3) is 0 Å². The molecule has 0 aromatic rings. The molecule has 5 heteroatoms. The van der Waals surface area contributed by atoms with E-state index in [0.717, 1.165) is 56.9 Å². The van der Waals surface area contributed by atoms with E-state index in [1.807, 2.05) is 9.80 Å². The summed E-state index contributed by atoms with van der Waals surface area (Å²) in [5.41, 5.74) is 0.316. The van der Waals surface area contributed by atoms with Crippen LogP contribution in [-0.2, 0) is 9.59 Å². The van der Waals surface area contributed by atoms with Crippen LogP contribution < -0.4 is 5.32 Å². The van der Waals surface area contributed by atoms with Gasteiger partial charge in [-0.3, -0.25) is 9.59 Å². The number of hydrogen-bond donors (Lipinski definition) is 1. The fourth-order valence-corrected chi connectivity index (χ4v) is 5.16. The molecule has 0 saturated carbocycles. The summed E-state index contributed by atoms with van der Waals surface area (Å²) in [6.07, 6.45) is 8.98. The maximum Gasteiger partial charge on any atom is 0.246 e. The molecule has 4 unspecified atom stereocenters. The van der Waals surface area contributed by atoms with Gasteiger partial charge in [-0.25, -0.2) is 0 Å². The van der Waals surface area contributed by atoms with Gasteiger partial charge in [0.05, 0.1) is 0 Å². The minimum absolute atomic E-state index is 0.0757. The largest absolute Gasteiger partial charge is 0.339 e. The van der Waals surface area contributed by atoms with Gasteiger partial charge in [-0.1, -0.05) is 61.6 Å². The molecule has 3 aliphatic rings. The second-order valence-electron chi connectivity index (χ2n) is 12.0. The average molecular weight is 476 g/mol. The third-order valence-corrected chi connectivity index (χ3v) is 7.64. The smallest absolute Gasteiger partial charge is 0.246 e. The molecule has 0 aliphatic carbocycles. The van der Waals surface area contributed by atoms with Gasteiger partial charge in [-0.2, -0.15) is 0 Å². The molecule has 4 atom stereocenters. The van der Waals surface area contributed by atoms with Gasteiger partial charge in [0.15, 0.2) is 0 Å². The Morgan fingerprint density at radius 2 is 1.53 bits per heavy atom. The second kappa shape index (κ2) is 14.1. The molecular weight excluding hydrogens is 422 g/mol. The van der Waals surface area contributed by atoms with Crippen molar-refractivity contribution in [3.05, 3.63) is 25.3 Å². The number of rotatable bonds is 4. The molecule has 3 aliphatic heterocycles. The van der Waals surface area contributed by atoms with Crippen molar-refractivity contribution < 1.29 is 9.59 Å². The number of likely N-dealkylation sites (tertiary alicyclic amines) is 2. The van der Waals surface area contributed by atoms with Crippen molar-refractivity contribution in [2.45, 2.75) is 106 Å². The highest BCUT2D eigenvalue weighted by Crippen LogP contribution is 2.33. The van der Waals surface area contributed by atoms with E-state index in [-0.39, 0.29) is 11.8 Å². The molecule has 1 N–H and O–H groups in total. The number of hydrogen-bond acceptors (Lipinski definition) is 3. The third-order valence-electron chi connectivity index (χ3n) is 7.64. The molecule has 5 nitrogen and oxygen atoms in total. The topological polar surface area (TPSA) is 52.7 Å². The highest BCUT2D eigenvalue weighted by molar-refractivity contribution is 5.87. The summed E-state index contributed by atoms with van der Waals surface area (Å²) in [6.45, 7) is 27.6. The van der Waals surface area contributed by atoms with Crippen molar-refractivity contribution in [1.29, 1.82) is 0 Å². The maximum atomic E-state index is 11.3. The zero-order valence-electron chi connectivity index (χ0n) is 23.4. The maximum absolute atomic E-state index is 11.3. The summed E-state index contributed by atoms with van der Waals surface area (Å²) < 4.78 is 0. The van der Waals surface area contributed by atoms with Gasteiger partial charge in [0.2, 0.25) is 11.8 Å². The molecule has 0 spiro atoms. The molecule has 0 radical (unpaired) electrons. The van der Waals surface area contributed by atoms with E-state index >= 15 is 0 Å². The van der Waals surface area contributed by atoms with Crippen LogP contribution in [0, 0.1) is 23.2 Å². The van der Waals surface area contributed by atoms with Crippen LogP contribution in [0.3, 0.4) is 0 Å². The number of carbonyl (C=O) groups excluding carboxylic acids is 2. The Hall–Kier alpha value is -1.62. The van der Waals surface area contributed by atoms with Gasteiger partial charge >= 0.3 is 0 Å². The van der Waals surface area contributed by atoms with E-state index in [2.05, 4.69) is 73.9 Å². The normalized spacial score (nSPS) is 26.6. The summed E-state index contributed by atoms with van der Waals surface area (Å²) in [4.78, 5) is 26.5. The van der Waals surface area contributed by atoms with Crippen molar-refractivity contribution >= 4 is 11.8 Å². The molecular formula is C29H53N3O2. The van der Waals surface area contributed by atoms with Gasteiger partial charge in [0.25, 0.3) is 0 Å². The van der Waals surface area contributed by atoms with Gasteiger partial charge in [0.1, 0.15) is 0 Å². The van der Waals surface area contributed by atoms with Crippen LogP contribution in [-0.4, -0.2) is 59.4 Å². The predicted molar refractivity (Wildman–Crippen MR) is 145 cm³/mol. The van der Waals surface area contributed by atoms with Crippen molar-refractivity contribution in [3.63, 3.8) is 0 Å². The summed E-state index contributed by atoms with van der Waals surface area (Å²) in [6, 6.07) is 1.99. The first kappa shape index (κ1) is 30.4. The van der Waals surface area contributed by atoms with Gasteiger partial charge < -0.3 is 15.1 Å². The number of carbonyl (C=O) groups is 2. The quantitative estimate of drug-likeness (QED) is 0.533. The SMILES string of the molecule is C=CC(=O)N1CCC(C(C)(C)C)C1.C=CC(=O)N1CCCC1C(C)C.CC1CCC(C(C)C)N1. The zero-order valence-corrected chi connectivity index (χ0v) is 23.4. The average Bonchev–Trinajstić information content (AvgIpc) is 3.52. The van der Waals surface area contributed by atoms with Crippen LogP contribution in [0.5, 0.6) is 0 Å². The minimum atomic E-state index is 0.0757. The van der Waals surface area contributed by atoms with Crippen LogP contribution in [0.1, 0.15) is 87.5 Å². The molecule has 2 amide bonds. The Labute approximate surface area is 210 Å². The minimum Gasteiger partial charge on any atom is -0.339 e. The lowest BCUT2D eigenvalue weighted by molar-refractivity contribution is -0.127. The lowest BCUT2D eigenvalue weighted by Crippen LogP contribution is -2.37. The Kier molecular flexibility index (Phi) is 12.6. The van der Waals surface area contributed by atoms with Crippen molar-refractivity contribution in [2.24, 2.45) is 23.2 Å². The highest BCUT2D eigenvalue weighted by Gasteiger charge is 2.33. The number of nitrogens with zero attached hydrogens (tertiary/aromatic N) is 2. The van der Waals surface area contributed by atoms with Crippen molar-refractivity contribution in [1.82, 2.24) is 15.1 Å². The van der Waals surface area contributed by atoms with Crippen molar-refractivity contribution in [2.75, 3.05) is 19.6 Å². The summed E-state index contributed by atoms with van der Waals surface area (Å²) in [5, 5.41) is 3.55. The molecule has 0 bridgehead atoms. The first-order valence-corrected chi connectivity index (χ1v) is 13.4.